The van der Waals surface area contributed by atoms with E-state index in [1.807, 2.05) is 18.2 Å². The fraction of sp³-hybridized carbons (Fsp3) is 0.622. The standard InChI is InChI=1S/C37H50FN5O5S/c38-29-5-1-4-28(20-29)37(25-40-35(44)24-41-16-3-17-41,33-6-2-7-34(33)48-36(39)45)27-14-18-42(19-15-27)21-26-22-43(23-26)30-8-10-31(11-9-30)49(46,47)32-12-13-32/h1,4-5,8-11,20,26-27,32-34H,2-3,6-7,12-19,21-25H2,(H2,39,45)(H,40,44)/t33-,34-,37?/m0/s1. The van der Waals surface area contributed by atoms with Gasteiger partial charge in [0.05, 0.1) is 16.7 Å². The Morgan fingerprint density at radius 3 is 2.29 bits per heavy atom. The Bertz CT molecular complexity index is 1600. The Morgan fingerprint density at radius 2 is 1.65 bits per heavy atom. The SMILES string of the molecule is NC(=O)O[C@H]1CCC[C@@H]1C(CNC(=O)CN1CCC1)(c1cccc(F)c1)C1CCN(CC2CN(c3ccc(S(=O)(=O)C4CC4)cc3)C2)CC1. The third-order valence-electron chi connectivity index (χ3n) is 11.9. The van der Waals surface area contributed by atoms with E-state index in [9.17, 15) is 22.4 Å². The average Bonchev–Trinajstić information content (AvgIpc) is 3.82. The molecule has 3 saturated heterocycles. The molecule has 5 fully saturated rings. The Kier molecular flexibility index (Phi) is 9.91. The fourth-order valence-corrected chi connectivity index (χ4v) is 10.7. The number of rotatable bonds is 13. The van der Waals surface area contributed by atoms with Crippen molar-refractivity contribution in [2.24, 2.45) is 23.5 Å². The normalized spacial score (nSPS) is 25.3. The molecule has 0 aromatic heterocycles. The highest BCUT2D eigenvalue weighted by atomic mass is 32.2. The van der Waals surface area contributed by atoms with E-state index in [0.717, 1.165) is 102 Å². The van der Waals surface area contributed by atoms with Gasteiger partial charge in [0.2, 0.25) is 5.91 Å². The highest BCUT2D eigenvalue weighted by Gasteiger charge is 2.53. The first-order chi connectivity index (χ1) is 23.6. The molecule has 3 N–H and O–H groups in total. The lowest BCUT2D eigenvalue weighted by Gasteiger charge is -2.51. The van der Waals surface area contributed by atoms with Crippen LogP contribution < -0.4 is 16.0 Å². The number of amides is 2. The van der Waals surface area contributed by atoms with E-state index in [4.69, 9.17) is 10.5 Å². The van der Waals surface area contributed by atoms with E-state index in [2.05, 4.69) is 20.0 Å². The number of hydrogen-bond acceptors (Lipinski definition) is 8. The Hall–Kier alpha value is -3.22. The number of anilines is 1. The number of hydrogen-bond donors (Lipinski definition) is 2. The van der Waals surface area contributed by atoms with Crippen molar-refractivity contribution in [3.63, 3.8) is 0 Å². The Labute approximate surface area is 289 Å². The molecule has 3 heterocycles. The predicted octanol–water partition coefficient (Wildman–Crippen LogP) is 3.93. The van der Waals surface area contributed by atoms with Gasteiger partial charge in [0.15, 0.2) is 9.84 Å². The first-order valence-corrected chi connectivity index (χ1v) is 19.7. The maximum absolute atomic E-state index is 15.0. The summed E-state index contributed by atoms with van der Waals surface area (Å²) in [4.78, 5) is 32.6. The molecule has 266 valence electrons. The molecule has 2 aromatic rings. The number of halogens is 1. The zero-order chi connectivity index (χ0) is 34.2. The summed E-state index contributed by atoms with van der Waals surface area (Å²) >= 11 is 0. The highest BCUT2D eigenvalue weighted by Crippen LogP contribution is 2.51. The van der Waals surface area contributed by atoms with Crippen LogP contribution in [0.2, 0.25) is 0 Å². The van der Waals surface area contributed by atoms with Crippen LogP contribution in [0.5, 0.6) is 0 Å². The van der Waals surface area contributed by atoms with Gasteiger partial charge < -0.3 is 25.6 Å². The minimum Gasteiger partial charge on any atom is -0.446 e. The van der Waals surface area contributed by atoms with Gasteiger partial charge in [0.1, 0.15) is 11.9 Å². The molecule has 7 rings (SSSR count). The summed E-state index contributed by atoms with van der Waals surface area (Å²) in [6.07, 6.45) is 5.58. The van der Waals surface area contributed by atoms with Gasteiger partial charge in [-0.2, -0.15) is 0 Å². The molecule has 10 nitrogen and oxygen atoms in total. The number of benzene rings is 2. The van der Waals surface area contributed by atoms with Gasteiger partial charge >= 0.3 is 6.09 Å². The van der Waals surface area contributed by atoms with Crippen LogP contribution in [0.15, 0.2) is 53.4 Å². The van der Waals surface area contributed by atoms with Crippen LogP contribution in [0.3, 0.4) is 0 Å². The molecular weight excluding hydrogens is 646 g/mol. The third-order valence-corrected chi connectivity index (χ3v) is 14.2. The summed E-state index contributed by atoms with van der Waals surface area (Å²) in [5.74, 6) is 0.208. The number of likely N-dealkylation sites (tertiary alicyclic amines) is 2. The predicted molar refractivity (Wildman–Crippen MR) is 185 cm³/mol. The van der Waals surface area contributed by atoms with E-state index in [1.54, 1.807) is 24.3 Å². The first kappa shape index (κ1) is 34.2. The monoisotopic (exact) mass is 695 g/mol. The van der Waals surface area contributed by atoms with Crippen LogP contribution in [0, 0.1) is 23.6 Å². The molecule has 3 aliphatic heterocycles. The lowest BCUT2D eigenvalue weighted by molar-refractivity contribution is -0.124. The molecule has 0 radical (unpaired) electrons. The second kappa shape index (κ2) is 14.2. The summed E-state index contributed by atoms with van der Waals surface area (Å²) in [6.45, 7) is 7.18. The zero-order valence-corrected chi connectivity index (χ0v) is 29.1. The van der Waals surface area contributed by atoms with Gasteiger partial charge in [-0.15, -0.1) is 0 Å². The van der Waals surface area contributed by atoms with E-state index in [1.165, 1.54) is 6.07 Å². The average molecular weight is 696 g/mol. The van der Waals surface area contributed by atoms with Crippen LogP contribution in [-0.2, 0) is 24.8 Å². The molecule has 2 amide bonds. The van der Waals surface area contributed by atoms with E-state index in [-0.39, 0.29) is 28.8 Å². The molecule has 2 aromatic carbocycles. The number of nitrogens with two attached hydrogens (primary N) is 1. The second-order valence-corrected chi connectivity index (χ2v) is 17.3. The minimum absolute atomic E-state index is 0.0306. The molecule has 5 aliphatic rings. The lowest BCUT2D eigenvalue weighted by Crippen LogP contribution is -2.58. The Balaban J connectivity index is 1.03. The number of ether oxygens (including phenoxy) is 1. The molecular formula is C37H50FN5O5S. The number of piperidine rings is 1. The summed E-state index contributed by atoms with van der Waals surface area (Å²) in [5.41, 5.74) is 6.84. The van der Waals surface area contributed by atoms with Crippen LogP contribution >= 0.6 is 0 Å². The van der Waals surface area contributed by atoms with Crippen molar-refractivity contribution in [3.8, 4) is 0 Å². The van der Waals surface area contributed by atoms with E-state index in [0.29, 0.717) is 30.3 Å². The van der Waals surface area contributed by atoms with Crippen molar-refractivity contribution in [3.05, 3.63) is 59.9 Å². The van der Waals surface area contributed by atoms with Crippen molar-refractivity contribution in [2.45, 2.75) is 73.0 Å². The number of sulfone groups is 1. The van der Waals surface area contributed by atoms with Crippen molar-refractivity contribution in [1.29, 1.82) is 0 Å². The second-order valence-electron chi connectivity index (χ2n) is 15.1. The van der Waals surface area contributed by atoms with Gasteiger partial charge in [-0.3, -0.25) is 9.69 Å². The summed E-state index contributed by atoms with van der Waals surface area (Å²) in [5, 5.41) is 3.06. The molecule has 2 aliphatic carbocycles. The van der Waals surface area contributed by atoms with Crippen LogP contribution in [0.1, 0.15) is 56.9 Å². The first-order valence-electron chi connectivity index (χ1n) is 18.1. The van der Waals surface area contributed by atoms with Crippen LogP contribution in [0.4, 0.5) is 14.9 Å². The number of carbonyl (C=O) groups excluding carboxylic acids is 2. The molecule has 2 saturated carbocycles. The smallest absolute Gasteiger partial charge is 0.404 e. The summed E-state index contributed by atoms with van der Waals surface area (Å²) in [6, 6.07) is 14.2. The van der Waals surface area contributed by atoms with Gasteiger partial charge in [0.25, 0.3) is 0 Å². The van der Waals surface area contributed by atoms with Gasteiger partial charge in [-0.25, -0.2) is 17.6 Å². The van der Waals surface area contributed by atoms with Gasteiger partial charge in [-0.05, 0) is 125 Å². The summed E-state index contributed by atoms with van der Waals surface area (Å²) in [7, 11) is -3.18. The summed E-state index contributed by atoms with van der Waals surface area (Å²) < 4.78 is 45.9. The maximum Gasteiger partial charge on any atom is 0.404 e. The molecule has 1 unspecified atom stereocenters. The lowest BCUT2D eigenvalue weighted by atomic mass is 9.58. The number of nitrogens with one attached hydrogen (secondary N) is 1. The van der Waals surface area contributed by atoms with Crippen molar-refractivity contribution in [2.75, 3.05) is 63.8 Å². The van der Waals surface area contributed by atoms with Crippen molar-refractivity contribution >= 4 is 27.5 Å². The molecule has 0 spiro atoms. The van der Waals surface area contributed by atoms with Crippen molar-refractivity contribution in [1.82, 2.24) is 15.1 Å². The van der Waals surface area contributed by atoms with E-state index < -0.39 is 27.4 Å². The number of primary amides is 1. The molecule has 49 heavy (non-hydrogen) atoms. The Morgan fingerprint density at radius 1 is 0.918 bits per heavy atom. The maximum atomic E-state index is 15.0. The molecule has 12 heteroatoms. The molecule has 0 bridgehead atoms. The van der Waals surface area contributed by atoms with Gasteiger partial charge in [-0.1, -0.05) is 12.1 Å². The number of nitrogens with zero attached hydrogens (tertiary/aromatic N) is 3. The van der Waals surface area contributed by atoms with Crippen LogP contribution in [0.25, 0.3) is 0 Å². The largest absolute Gasteiger partial charge is 0.446 e. The van der Waals surface area contributed by atoms with Crippen LogP contribution in [-0.4, -0.2) is 100 Å². The zero-order valence-electron chi connectivity index (χ0n) is 28.3. The topological polar surface area (TPSA) is 125 Å². The quantitative estimate of drug-likeness (QED) is 0.323. The minimum atomic E-state index is -3.18. The fourth-order valence-electron chi connectivity index (χ4n) is 9.07. The van der Waals surface area contributed by atoms with E-state index >= 15 is 0 Å². The highest BCUT2D eigenvalue weighted by molar-refractivity contribution is 7.92. The third kappa shape index (κ3) is 7.32. The van der Waals surface area contributed by atoms with Gasteiger partial charge in [0, 0.05) is 49.1 Å². The van der Waals surface area contributed by atoms with Crippen molar-refractivity contribution < 1.29 is 27.1 Å². The number of carbonyl (C=O) groups is 2. The molecule has 3 atom stereocenters.